The second-order valence-corrected chi connectivity index (χ2v) is 9.90. The lowest BCUT2D eigenvalue weighted by Crippen LogP contribution is -2.44. The SMILES string of the molecule is Cc1ccc(NC(=O)c2cc(-c3cccc4c3C3(CCC3)C(=O)N4c3ncccn3)ccc2C(F)(F)F)cc1. The van der Waals surface area contributed by atoms with Crippen LogP contribution in [0.15, 0.2) is 79.1 Å². The van der Waals surface area contributed by atoms with Crippen molar-refractivity contribution in [2.24, 2.45) is 0 Å². The molecule has 6 nitrogen and oxygen atoms in total. The van der Waals surface area contributed by atoms with E-state index < -0.39 is 28.6 Å². The van der Waals surface area contributed by atoms with Gasteiger partial charge >= 0.3 is 6.18 Å². The summed E-state index contributed by atoms with van der Waals surface area (Å²) in [7, 11) is 0. The molecule has 1 aliphatic carbocycles. The number of fused-ring (bicyclic) bond motifs is 2. The molecule has 1 aliphatic heterocycles. The van der Waals surface area contributed by atoms with Gasteiger partial charge in [0.25, 0.3) is 5.91 Å². The van der Waals surface area contributed by atoms with E-state index in [0.717, 1.165) is 23.6 Å². The summed E-state index contributed by atoms with van der Waals surface area (Å²) in [5.74, 6) is -0.767. The van der Waals surface area contributed by atoms with Crippen molar-refractivity contribution in [3.8, 4) is 11.1 Å². The van der Waals surface area contributed by atoms with Crippen LogP contribution < -0.4 is 10.2 Å². The number of nitrogens with one attached hydrogen (secondary N) is 1. The number of nitrogens with zero attached hydrogens (tertiary/aromatic N) is 3. The molecule has 1 N–H and O–H groups in total. The number of carbonyl (C=O) groups excluding carboxylic acids is 2. The van der Waals surface area contributed by atoms with Crippen LogP contribution in [-0.4, -0.2) is 21.8 Å². The first-order chi connectivity index (χ1) is 18.7. The Labute approximate surface area is 222 Å². The van der Waals surface area contributed by atoms with E-state index >= 15 is 0 Å². The maximum Gasteiger partial charge on any atom is 0.417 e. The second kappa shape index (κ2) is 9.04. The molecule has 39 heavy (non-hydrogen) atoms. The molecule has 2 heterocycles. The third-order valence-corrected chi connectivity index (χ3v) is 7.52. The summed E-state index contributed by atoms with van der Waals surface area (Å²) < 4.78 is 42.0. The Morgan fingerprint density at radius 1 is 0.974 bits per heavy atom. The molecule has 2 amide bonds. The summed E-state index contributed by atoms with van der Waals surface area (Å²) in [6.45, 7) is 1.87. The van der Waals surface area contributed by atoms with Gasteiger partial charge in [0.05, 0.1) is 22.2 Å². The fraction of sp³-hybridized carbons (Fsp3) is 0.200. The number of rotatable bonds is 4. The van der Waals surface area contributed by atoms with E-state index in [1.54, 1.807) is 60.9 Å². The minimum Gasteiger partial charge on any atom is -0.322 e. The maximum atomic E-state index is 14.0. The monoisotopic (exact) mass is 528 g/mol. The lowest BCUT2D eigenvalue weighted by Gasteiger charge is -2.37. The maximum absolute atomic E-state index is 14.0. The zero-order valence-electron chi connectivity index (χ0n) is 20.9. The van der Waals surface area contributed by atoms with Crippen molar-refractivity contribution < 1.29 is 22.8 Å². The first kappa shape index (κ1) is 24.8. The van der Waals surface area contributed by atoms with Gasteiger partial charge in [0.15, 0.2) is 0 Å². The lowest BCUT2D eigenvalue weighted by molar-refractivity contribution is -0.137. The van der Waals surface area contributed by atoms with Crippen molar-refractivity contribution in [2.75, 3.05) is 10.2 Å². The lowest BCUT2D eigenvalue weighted by atomic mass is 9.63. The van der Waals surface area contributed by atoms with Gasteiger partial charge in [-0.05, 0) is 72.9 Å². The topological polar surface area (TPSA) is 75.2 Å². The second-order valence-electron chi connectivity index (χ2n) is 9.90. The van der Waals surface area contributed by atoms with Crippen LogP contribution in [0.5, 0.6) is 0 Å². The largest absolute Gasteiger partial charge is 0.417 e. The molecule has 9 heteroatoms. The fourth-order valence-corrected chi connectivity index (χ4v) is 5.48. The van der Waals surface area contributed by atoms with E-state index in [-0.39, 0.29) is 11.9 Å². The number of carbonyl (C=O) groups is 2. The minimum absolute atomic E-state index is 0.147. The van der Waals surface area contributed by atoms with Gasteiger partial charge in [-0.2, -0.15) is 13.2 Å². The van der Waals surface area contributed by atoms with Crippen LogP contribution in [0.25, 0.3) is 11.1 Å². The molecule has 3 aromatic carbocycles. The Hall–Kier alpha value is -4.53. The van der Waals surface area contributed by atoms with Crippen LogP contribution in [0.1, 0.15) is 46.3 Å². The Morgan fingerprint density at radius 2 is 1.69 bits per heavy atom. The van der Waals surface area contributed by atoms with Gasteiger partial charge in [-0.3, -0.25) is 9.59 Å². The van der Waals surface area contributed by atoms with Crippen LogP contribution in [0.4, 0.5) is 30.5 Å². The van der Waals surface area contributed by atoms with Gasteiger partial charge in [-0.15, -0.1) is 0 Å². The Kier molecular flexibility index (Phi) is 5.75. The van der Waals surface area contributed by atoms with Crippen LogP contribution >= 0.6 is 0 Å². The predicted octanol–water partition coefficient (Wildman–Crippen LogP) is 6.82. The van der Waals surface area contributed by atoms with E-state index in [2.05, 4.69) is 15.3 Å². The number of aromatic nitrogens is 2. The molecule has 1 spiro atoms. The number of hydrogen-bond acceptors (Lipinski definition) is 4. The van der Waals surface area contributed by atoms with E-state index in [4.69, 9.17) is 0 Å². The molecular weight excluding hydrogens is 505 g/mol. The highest BCUT2D eigenvalue weighted by atomic mass is 19.4. The van der Waals surface area contributed by atoms with Gasteiger partial charge in [0.2, 0.25) is 11.9 Å². The number of halogens is 3. The van der Waals surface area contributed by atoms with Gasteiger partial charge < -0.3 is 5.32 Å². The molecule has 2 aliphatic rings. The predicted molar refractivity (Wildman–Crippen MR) is 141 cm³/mol. The highest BCUT2D eigenvalue weighted by Gasteiger charge is 2.56. The zero-order valence-corrected chi connectivity index (χ0v) is 20.9. The highest BCUT2D eigenvalue weighted by molar-refractivity contribution is 6.14. The third kappa shape index (κ3) is 4.05. The van der Waals surface area contributed by atoms with Gasteiger partial charge in [0, 0.05) is 18.1 Å². The average Bonchev–Trinajstić information content (AvgIpc) is 3.18. The fourth-order valence-electron chi connectivity index (χ4n) is 5.48. The summed E-state index contributed by atoms with van der Waals surface area (Å²) in [5, 5.41) is 2.59. The van der Waals surface area contributed by atoms with Crippen molar-refractivity contribution in [2.45, 2.75) is 37.8 Å². The Balaban J connectivity index is 1.49. The Bertz CT molecular complexity index is 1600. The van der Waals surface area contributed by atoms with Gasteiger partial charge in [-0.25, -0.2) is 14.9 Å². The first-order valence-corrected chi connectivity index (χ1v) is 12.5. The normalized spacial score (nSPS) is 15.7. The molecule has 196 valence electrons. The summed E-state index contributed by atoms with van der Waals surface area (Å²) in [6.07, 6.45) is 0.449. The highest BCUT2D eigenvalue weighted by Crippen LogP contribution is 2.57. The summed E-state index contributed by atoms with van der Waals surface area (Å²) >= 11 is 0. The molecule has 0 radical (unpaired) electrons. The van der Waals surface area contributed by atoms with E-state index in [1.165, 1.54) is 17.0 Å². The van der Waals surface area contributed by atoms with Crippen molar-refractivity contribution in [1.82, 2.24) is 9.97 Å². The third-order valence-electron chi connectivity index (χ3n) is 7.52. The molecule has 0 saturated heterocycles. The molecule has 0 bridgehead atoms. The van der Waals surface area contributed by atoms with Crippen LogP contribution in [0, 0.1) is 6.92 Å². The number of alkyl halides is 3. The summed E-state index contributed by atoms with van der Waals surface area (Å²) in [4.78, 5) is 37.0. The van der Waals surface area contributed by atoms with E-state index in [0.29, 0.717) is 35.3 Å². The number of amides is 2. The summed E-state index contributed by atoms with van der Waals surface area (Å²) in [6, 6.07) is 17.4. The summed E-state index contributed by atoms with van der Waals surface area (Å²) in [5.41, 5.74) is 1.39. The molecule has 6 rings (SSSR count). The van der Waals surface area contributed by atoms with E-state index in [1.807, 2.05) is 6.92 Å². The number of anilines is 3. The average molecular weight is 529 g/mol. The minimum atomic E-state index is -4.73. The van der Waals surface area contributed by atoms with Crippen molar-refractivity contribution in [3.05, 3.63) is 101 Å². The van der Waals surface area contributed by atoms with Crippen LogP contribution in [-0.2, 0) is 16.4 Å². The van der Waals surface area contributed by atoms with Crippen molar-refractivity contribution >= 4 is 29.1 Å². The number of hydrogen-bond donors (Lipinski definition) is 1. The Morgan fingerprint density at radius 3 is 2.33 bits per heavy atom. The molecule has 1 fully saturated rings. The van der Waals surface area contributed by atoms with Crippen LogP contribution in [0.2, 0.25) is 0 Å². The smallest absolute Gasteiger partial charge is 0.322 e. The quantitative estimate of drug-likeness (QED) is 0.315. The molecule has 1 aromatic heterocycles. The molecule has 0 unspecified atom stereocenters. The van der Waals surface area contributed by atoms with E-state index in [9.17, 15) is 22.8 Å². The van der Waals surface area contributed by atoms with Crippen molar-refractivity contribution in [1.29, 1.82) is 0 Å². The molecular formula is C30H23F3N4O2. The van der Waals surface area contributed by atoms with Gasteiger partial charge in [0.1, 0.15) is 0 Å². The zero-order chi connectivity index (χ0) is 27.4. The molecule has 4 aromatic rings. The van der Waals surface area contributed by atoms with Crippen molar-refractivity contribution in [3.63, 3.8) is 0 Å². The number of aryl methyl sites for hydroxylation is 1. The molecule has 1 saturated carbocycles. The first-order valence-electron chi connectivity index (χ1n) is 12.5. The van der Waals surface area contributed by atoms with Gasteiger partial charge in [-0.1, -0.05) is 42.3 Å². The standard InChI is InChI=1S/C30H23F3N4O2/c1-18-7-10-20(11-8-18)36-26(38)22-17-19(9-12-23(22)30(31,32)33)21-5-2-6-24-25(21)29(13-3-14-29)27(39)37(24)28-34-15-4-16-35-28/h2,4-12,15-17H,3,13-14H2,1H3,(H,36,38). The molecule has 0 atom stereocenters. The van der Waals surface area contributed by atoms with Crippen LogP contribution in [0.3, 0.4) is 0 Å². The number of benzene rings is 3.